The van der Waals surface area contributed by atoms with Gasteiger partial charge < -0.3 is 15.5 Å². The van der Waals surface area contributed by atoms with Gasteiger partial charge in [-0.25, -0.2) is 4.98 Å². The van der Waals surface area contributed by atoms with Crippen molar-refractivity contribution in [2.24, 2.45) is 5.73 Å². The van der Waals surface area contributed by atoms with Gasteiger partial charge in [-0.2, -0.15) is 5.26 Å². The highest BCUT2D eigenvalue weighted by Gasteiger charge is 2.14. The molecule has 5 heteroatoms. The van der Waals surface area contributed by atoms with Gasteiger partial charge in [0.1, 0.15) is 18.4 Å². The average molecular weight is 320 g/mol. The number of fused-ring (bicyclic) bond motifs is 1. The third-order valence-electron chi connectivity index (χ3n) is 3.75. The highest BCUT2D eigenvalue weighted by atomic mass is 16.5. The molecule has 3 aromatic rings. The SMILES string of the molecule is Cc1nc(-c2c[nH]c3c(C#N)cccc23)ccc1OCC(C)(C)N. The lowest BCUT2D eigenvalue weighted by molar-refractivity contribution is 0.241. The minimum absolute atomic E-state index is 0.393. The maximum Gasteiger partial charge on any atom is 0.140 e. The molecule has 0 aliphatic rings. The summed E-state index contributed by atoms with van der Waals surface area (Å²) in [6.07, 6.45) is 1.89. The lowest BCUT2D eigenvalue weighted by atomic mass is 10.1. The first-order valence-electron chi connectivity index (χ1n) is 7.79. The van der Waals surface area contributed by atoms with E-state index in [-0.39, 0.29) is 0 Å². The highest BCUT2D eigenvalue weighted by Crippen LogP contribution is 2.30. The fourth-order valence-electron chi connectivity index (χ4n) is 2.57. The summed E-state index contributed by atoms with van der Waals surface area (Å²) >= 11 is 0. The summed E-state index contributed by atoms with van der Waals surface area (Å²) in [7, 11) is 0. The van der Waals surface area contributed by atoms with Gasteiger partial charge in [0.2, 0.25) is 0 Å². The van der Waals surface area contributed by atoms with Crippen molar-refractivity contribution >= 4 is 10.9 Å². The maximum atomic E-state index is 9.21. The van der Waals surface area contributed by atoms with E-state index in [1.54, 1.807) is 6.07 Å². The van der Waals surface area contributed by atoms with Crippen LogP contribution in [0.3, 0.4) is 0 Å². The fourth-order valence-corrected chi connectivity index (χ4v) is 2.57. The number of hydrogen-bond acceptors (Lipinski definition) is 4. The Morgan fingerprint density at radius 3 is 2.75 bits per heavy atom. The molecule has 122 valence electrons. The Hall–Kier alpha value is -2.84. The van der Waals surface area contributed by atoms with E-state index in [1.165, 1.54) is 0 Å². The molecule has 5 nitrogen and oxygen atoms in total. The molecular formula is C19H20N4O. The molecule has 0 aliphatic heterocycles. The molecule has 3 N–H and O–H groups in total. The topological polar surface area (TPSA) is 87.7 Å². The van der Waals surface area contributed by atoms with Crippen molar-refractivity contribution in [2.75, 3.05) is 6.61 Å². The minimum atomic E-state index is -0.393. The Labute approximate surface area is 141 Å². The first-order chi connectivity index (χ1) is 11.4. The first-order valence-corrected chi connectivity index (χ1v) is 7.79. The molecule has 0 fully saturated rings. The van der Waals surface area contributed by atoms with E-state index in [9.17, 15) is 5.26 Å². The molecule has 0 spiro atoms. The van der Waals surface area contributed by atoms with E-state index < -0.39 is 5.54 Å². The second kappa shape index (κ2) is 5.99. The number of benzene rings is 1. The van der Waals surface area contributed by atoms with Crippen LogP contribution in [0, 0.1) is 18.3 Å². The smallest absolute Gasteiger partial charge is 0.140 e. The number of nitrogens with one attached hydrogen (secondary N) is 1. The van der Waals surface area contributed by atoms with Crippen LogP contribution in [0.15, 0.2) is 36.5 Å². The van der Waals surface area contributed by atoms with Crippen LogP contribution in [-0.2, 0) is 0 Å². The number of aryl methyl sites for hydroxylation is 1. The second-order valence-corrected chi connectivity index (χ2v) is 6.60. The molecule has 0 aliphatic carbocycles. The van der Waals surface area contributed by atoms with E-state index in [2.05, 4.69) is 16.0 Å². The Balaban J connectivity index is 1.97. The molecule has 0 radical (unpaired) electrons. The first kappa shape index (κ1) is 16.0. The zero-order chi connectivity index (χ0) is 17.3. The largest absolute Gasteiger partial charge is 0.490 e. The number of para-hydroxylation sites is 1. The molecule has 2 heterocycles. The van der Waals surface area contributed by atoms with Crippen molar-refractivity contribution in [1.29, 1.82) is 5.26 Å². The van der Waals surface area contributed by atoms with Crippen molar-refractivity contribution in [3.8, 4) is 23.1 Å². The van der Waals surface area contributed by atoms with Crippen molar-refractivity contribution in [2.45, 2.75) is 26.3 Å². The van der Waals surface area contributed by atoms with Crippen molar-refractivity contribution in [3.63, 3.8) is 0 Å². The summed E-state index contributed by atoms with van der Waals surface area (Å²) in [6, 6.07) is 11.7. The van der Waals surface area contributed by atoms with Gasteiger partial charge in [0.25, 0.3) is 0 Å². The molecule has 3 rings (SSSR count). The molecule has 24 heavy (non-hydrogen) atoms. The van der Waals surface area contributed by atoms with Crippen LogP contribution < -0.4 is 10.5 Å². The fraction of sp³-hybridized carbons (Fsp3) is 0.263. The molecule has 0 saturated carbocycles. The molecular weight excluding hydrogens is 300 g/mol. The molecule has 2 aromatic heterocycles. The van der Waals surface area contributed by atoms with E-state index >= 15 is 0 Å². The number of aromatic nitrogens is 2. The van der Waals surface area contributed by atoms with Gasteiger partial charge in [0.15, 0.2) is 0 Å². The summed E-state index contributed by atoms with van der Waals surface area (Å²) in [5.41, 5.74) is 9.64. The van der Waals surface area contributed by atoms with Gasteiger partial charge in [-0.05, 0) is 39.0 Å². The molecule has 0 unspecified atom stereocenters. The van der Waals surface area contributed by atoms with E-state index in [0.717, 1.165) is 33.6 Å². The van der Waals surface area contributed by atoms with Crippen LogP contribution in [-0.4, -0.2) is 22.1 Å². The number of hydrogen-bond donors (Lipinski definition) is 2. The minimum Gasteiger partial charge on any atom is -0.490 e. The predicted octanol–water partition coefficient (Wildman–Crippen LogP) is 3.53. The van der Waals surface area contributed by atoms with E-state index in [0.29, 0.717) is 12.2 Å². The summed E-state index contributed by atoms with van der Waals surface area (Å²) in [4.78, 5) is 7.83. The number of pyridine rings is 1. The summed E-state index contributed by atoms with van der Waals surface area (Å²) < 4.78 is 5.76. The number of ether oxygens (including phenoxy) is 1. The van der Waals surface area contributed by atoms with Gasteiger partial charge >= 0.3 is 0 Å². The molecule has 0 bridgehead atoms. The molecule has 1 aromatic carbocycles. The summed E-state index contributed by atoms with van der Waals surface area (Å²) in [5.74, 6) is 0.731. The standard InChI is InChI=1S/C19H20N4O/c1-12-17(24-11-19(2,3)21)8-7-16(23-12)15-10-22-18-13(9-20)5-4-6-14(15)18/h4-8,10,22H,11,21H2,1-3H3. The average Bonchev–Trinajstić information content (AvgIpc) is 2.96. The zero-order valence-corrected chi connectivity index (χ0v) is 14.1. The summed E-state index contributed by atoms with van der Waals surface area (Å²) in [6.45, 7) is 6.18. The Kier molecular flexibility index (Phi) is 4.00. The van der Waals surface area contributed by atoms with Gasteiger partial charge in [-0.1, -0.05) is 12.1 Å². The van der Waals surface area contributed by atoms with Crippen molar-refractivity contribution < 1.29 is 4.74 Å². The quantitative estimate of drug-likeness (QED) is 0.770. The second-order valence-electron chi connectivity index (χ2n) is 6.60. The zero-order valence-electron chi connectivity index (χ0n) is 14.1. The Bertz CT molecular complexity index is 929. The molecule has 0 atom stereocenters. The van der Waals surface area contributed by atoms with E-state index in [4.69, 9.17) is 10.5 Å². The summed E-state index contributed by atoms with van der Waals surface area (Å²) in [5, 5.41) is 10.2. The lowest BCUT2D eigenvalue weighted by Gasteiger charge is -2.19. The number of nitriles is 1. The number of nitrogens with zero attached hydrogens (tertiary/aromatic N) is 2. The number of aromatic amines is 1. The number of nitrogens with two attached hydrogens (primary N) is 1. The van der Waals surface area contributed by atoms with Crippen LogP contribution >= 0.6 is 0 Å². The van der Waals surface area contributed by atoms with E-state index in [1.807, 2.05) is 51.2 Å². The van der Waals surface area contributed by atoms with Gasteiger partial charge in [-0.3, -0.25) is 0 Å². The van der Waals surface area contributed by atoms with Crippen LogP contribution in [0.1, 0.15) is 25.1 Å². The van der Waals surface area contributed by atoms with Crippen LogP contribution in [0.4, 0.5) is 0 Å². The molecule has 0 amide bonds. The number of H-pyrrole nitrogens is 1. The van der Waals surface area contributed by atoms with Gasteiger partial charge in [-0.15, -0.1) is 0 Å². The Morgan fingerprint density at radius 1 is 1.29 bits per heavy atom. The third kappa shape index (κ3) is 3.10. The molecule has 0 saturated heterocycles. The van der Waals surface area contributed by atoms with Crippen LogP contribution in [0.25, 0.3) is 22.2 Å². The monoisotopic (exact) mass is 320 g/mol. The van der Waals surface area contributed by atoms with Crippen LogP contribution in [0.2, 0.25) is 0 Å². The maximum absolute atomic E-state index is 9.21. The highest BCUT2D eigenvalue weighted by molar-refractivity contribution is 5.97. The Morgan fingerprint density at radius 2 is 2.08 bits per heavy atom. The van der Waals surface area contributed by atoms with Gasteiger partial charge in [0, 0.05) is 22.7 Å². The van der Waals surface area contributed by atoms with Crippen molar-refractivity contribution in [3.05, 3.63) is 47.8 Å². The van der Waals surface area contributed by atoms with Crippen LogP contribution in [0.5, 0.6) is 5.75 Å². The predicted molar refractivity (Wildman–Crippen MR) is 94.7 cm³/mol. The third-order valence-corrected chi connectivity index (χ3v) is 3.75. The van der Waals surface area contributed by atoms with Crippen molar-refractivity contribution in [1.82, 2.24) is 9.97 Å². The number of rotatable bonds is 4. The lowest BCUT2D eigenvalue weighted by Crippen LogP contribution is -2.38. The van der Waals surface area contributed by atoms with Gasteiger partial charge in [0.05, 0.1) is 22.5 Å². The normalized spacial score (nSPS) is 11.5.